The molecule has 0 bridgehead atoms. The summed E-state index contributed by atoms with van der Waals surface area (Å²) in [4.78, 5) is 18.2. The highest BCUT2D eigenvalue weighted by atomic mass is 32.2. The van der Waals surface area contributed by atoms with Crippen LogP contribution in [0.2, 0.25) is 0 Å². The van der Waals surface area contributed by atoms with Crippen molar-refractivity contribution < 1.29 is 27.4 Å². The van der Waals surface area contributed by atoms with Crippen LogP contribution in [0, 0.1) is 5.92 Å². The van der Waals surface area contributed by atoms with E-state index in [9.17, 15) is 13.2 Å². The zero-order valence-corrected chi connectivity index (χ0v) is 24.6. The lowest BCUT2D eigenvalue weighted by Crippen LogP contribution is -2.41. The van der Waals surface area contributed by atoms with Crippen LogP contribution in [0.3, 0.4) is 0 Å². The van der Waals surface area contributed by atoms with Crippen molar-refractivity contribution in [3.8, 4) is 0 Å². The Hall–Kier alpha value is -2.47. The third-order valence-corrected chi connectivity index (χ3v) is 10.5. The first-order valence-corrected chi connectivity index (χ1v) is 16.1. The van der Waals surface area contributed by atoms with Crippen molar-refractivity contribution in [2.24, 2.45) is 5.92 Å². The van der Waals surface area contributed by atoms with Crippen molar-refractivity contribution in [2.75, 3.05) is 66.3 Å². The van der Waals surface area contributed by atoms with Gasteiger partial charge < -0.3 is 24.0 Å². The Labute approximate surface area is 237 Å². The number of carbonyl (C=O) groups excluding carboxylic acids is 1. The van der Waals surface area contributed by atoms with Crippen LogP contribution < -0.4 is 0 Å². The fourth-order valence-corrected chi connectivity index (χ4v) is 7.52. The van der Waals surface area contributed by atoms with Gasteiger partial charge in [-0.2, -0.15) is 5.10 Å². The van der Waals surface area contributed by atoms with Crippen molar-refractivity contribution >= 4 is 21.3 Å². The number of morpholine rings is 1. The van der Waals surface area contributed by atoms with Crippen molar-refractivity contribution in [1.29, 1.82) is 0 Å². The van der Waals surface area contributed by atoms with E-state index < -0.39 is 9.84 Å². The number of hydrogen-bond acceptors (Lipinski definition) is 8. The number of methoxy groups -OCH3 is 1. The van der Waals surface area contributed by atoms with Gasteiger partial charge in [-0.05, 0) is 70.2 Å². The van der Waals surface area contributed by atoms with Gasteiger partial charge in [0.05, 0.1) is 42.7 Å². The molecule has 0 N–H and O–H groups in total. The minimum absolute atomic E-state index is 0.0334. The Morgan fingerprint density at radius 3 is 2.58 bits per heavy atom. The third-order valence-electron chi connectivity index (χ3n) is 8.66. The number of sulfone groups is 1. The molecular formula is C29H42N4O6S. The van der Waals surface area contributed by atoms with E-state index in [0.29, 0.717) is 49.1 Å². The molecule has 0 saturated carbocycles. The molecule has 3 fully saturated rings. The minimum atomic E-state index is -3.63. The van der Waals surface area contributed by atoms with Crippen LogP contribution in [0.5, 0.6) is 0 Å². The van der Waals surface area contributed by atoms with Crippen LogP contribution in [-0.4, -0.2) is 100 Å². The van der Waals surface area contributed by atoms with Gasteiger partial charge in [0.2, 0.25) is 0 Å². The van der Waals surface area contributed by atoms with Crippen LogP contribution >= 0.6 is 0 Å². The molecule has 4 aliphatic heterocycles. The van der Waals surface area contributed by atoms with Crippen molar-refractivity contribution in [2.45, 2.75) is 50.8 Å². The maximum Gasteiger partial charge on any atom is 0.274 e. The molecule has 5 rings (SSSR count). The summed E-state index contributed by atoms with van der Waals surface area (Å²) in [5, 5.41) is 4.93. The molecule has 3 saturated heterocycles. The number of rotatable bonds is 8. The normalized spacial score (nSPS) is 24.4. The molecule has 0 radical (unpaired) electrons. The highest BCUT2D eigenvalue weighted by molar-refractivity contribution is 7.94. The predicted octanol–water partition coefficient (Wildman–Crippen LogP) is 3.18. The average Bonchev–Trinajstić information content (AvgIpc) is 3.35. The van der Waals surface area contributed by atoms with E-state index in [0.717, 1.165) is 70.6 Å². The Kier molecular flexibility index (Phi) is 9.14. The van der Waals surface area contributed by atoms with Crippen molar-refractivity contribution in [3.05, 3.63) is 46.3 Å². The van der Waals surface area contributed by atoms with Crippen LogP contribution in [0.1, 0.15) is 66.8 Å². The summed E-state index contributed by atoms with van der Waals surface area (Å²) in [6.45, 7) is 11.9. The van der Waals surface area contributed by atoms with Gasteiger partial charge in [0.15, 0.2) is 15.5 Å². The van der Waals surface area contributed by atoms with E-state index in [1.807, 2.05) is 4.68 Å². The molecule has 0 spiro atoms. The number of amides is 1. The number of nitrogens with zero attached hydrogens (tertiary/aromatic N) is 4. The molecular weight excluding hydrogens is 532 g/mol. The number of fused-ring (bicyclic) bond motifs is 1. The molecule has 1 aromatic rings. The van der Waals surface area contributed by atoms with Crippen LogP contribution in [-0.2, 0) is 29.8 Å². The molecule has 1 aromatic heterocycles. The summed E-state index contributed by atoms with van der Waals surface area (Å²) in [5.41, 5.74) is 2.00. The number of ether oxygens (including phenoxy) is 3. The summed E-state index contributed by atoms with van der Waals surface area (Å²) in [6.07, 6.45) is 8.75. The highest BCUT2D eigenvalue weighted by Gasteiger charge is 2.38. The molecule has 0 unspecified atom stereocenters. The van der Waals surface area contributed by atoms with Crippen molar-refractivity contribution in [1.82, 2.24) is 19.6 Å². The van der Waals surface area contributed by atoms with Gasteiger partial charge in [0.25, 0.3) is 5.91 Å². The lowest BCUT2D eigenvalue weighted by Gasteiger charge is -2.35. The molecule has 5 heterocycles. The van der Waals surface area contributed by atoms with E-state index in [1.165, 1.54) is 7.11 Å². The molecule has 1 amide bonds. The first-order valence-electron chi connectivity index (χ1n) is 14.4. The summed E-state index contributed by atoms with van der Waals surface area (Å²) >= 11 is 0. The number of hydrogen-bond donors (Lipinski definition) is 0. The van der Waals surface area contributed by atoms with Gasteiger partial charge in [-0.1, -0.05) is 6.58 Å². The molecule has 4 aliphatic rings. The largest absolute Gasteiger partial charge is 0.497 e. The smallest absolute Gasteiger partial charge is 0.274 e. The molecule has 1 atom stereocenters. The number of allylic oxidation sites excluding steroid dienone is 4. The Bertz CT molecular complexity index is 1270. The molecule has 40 heavy (non-hydrogen) atoms. The van der Waals surface area contributed by atoms with Gasteiger partial charge in [-0.15, -0.1) is 0 Å². The van der Waals surface area contributed by atoms with E-state index >= 15 is 0 Å². The number of piperidine rings is 1. The Morgan fingerprint density at radius 2 is 1.85 bits per heavy atom. The van der Waals surface area contributed by atoms with Crippen LogP contribution in [0.15, 0.2) is 29.4 Å². The highest BCUT2D eigenvalue weighted by Crippen LogP contribution is 2.39. The zero-order chi connectivity index (χ0) is 28.3. The fraction of sp³-hybridized carbons (Fsp3) is 0.655. The quantitative estimate of drug-likeness (QED) is 0.345. The first-order chi connectivity index (χ1) is 19.3. The molecule has 220 valence electrons. The predicted molar refractivity (Wildman–Crippen MR) is 152 cm³/mol. The second kappa shape index (κ2) is 12.6. The maximum atomic E-state index is 13.7. The standard InChI is InChI=1S/C29H42N4O6S/c1-21(37-3)6-7-25-22(2)40(35,36)20-26-27(29(34)32-13-17-39-18-14-32)30-33(28(25)26)24-5-4-11-31(19-24)12-8-23-9-15-38-16-10-23/h6-7,23-24H,1,4-5,8-20H2,2-3H3/b7-6-/t24-/m1/s1. The Balaban J connectivity index is 1.51. The lowest BCUT2D eigenvalue weighted by molar-refractivity contribution is 0.0297. The summed E-state index contributed by atoms with van der Waals surface area (Å²) in [5.74, 6) is 0.649. The maximum absolute atomic E-state index is 13.7. The first kappa shape index (κ1) is 29.0. The number of aromatic nitrogens is 2. The van der Waals surface area contributed by atoms with Crippen LogP contribution in [0.4, 0.5) is 0 Å². The minimum Gasteiger partial charge on any atom is -0.497 e. The monoisotopic (exact) mass is 574 g/mol. The van der Waals surface area contributed by atoms with Crippen molar-refractivity contribution in [3.63, 3.8) is 0 Å². The van der Waals surface area contributed by atoms with E-state index in [-0.39, 0.29) is 28.3 Å². The van der Waals surface area contributed by atoms with E-state index in [4.69, 9.17) is 19.3 Å². The van der Waals surface area contributed by atoms with Gasteiger partial charge in [-0.25, -0.2) is 8.42 Å². The number of carbonyl (C=O) groups is 1. The molecule has 10 nitrogen and oxygen atoms in total. The Morgan fingerprint density at radius 1 is 1.12 bits per heavy atom. The summed E-state index contributed by atoms with van der Waals surface area (Å²) in [6, 6.07) is 0.0334. The van der Waals surface area contributed by atoms with E-state index in [2.05, 4.69) is 11.5 Å². The second-order valence-electron chi connectivity index (χ2n) is 11.2. The molecule has 11 heteroatoms. The fourth-order valence-electron chi connectivity index (χ4n) is 6.15. The number of likely N-dealkylation sites (tertiary alicyclic amines) is 1. The second-order valence-corrected chi connectivity index (χ2v) is 13.3. The SMILES string of the molecule is C=C(/C=C\C1=C(C)S(=O)(=O)Cc2c(C(=O)N3CCOCC3)nn([C@@H]3CCCN(CCC4CCOCC4)C3)c21)OC. The topological polar surface area (TPSA) is 103 Å². The third kappa shape index (κ3) is 6.22. The molecule has 0 aliphatic carbocycles. The van der Waals surface area contributed by atoms with Gasteiger partial charge in [0, 0.05) is 44.0 Å². The van der Waals surface area contributed by atoms with Crippen LogP contribution in [0.25, 0.3) is 5.57 Å². The summed E-state index contributed by atoms with van der Waals surface area (Å²) < 4.78 is 44.8. The average molecular weight is 575 g/mol. The van der Waals surface area contributed by atoms with Gasteiger partial charge in [-0.3, -0.25) is 9.48 Å². The summed E-state index contributed by atoms with van der Waals surface area (Å²) in [7, 11) is -2.10. The van der Waals surface area contributed by atoms with E-state index in [1.54, 1.807) is 24.0 Å². The van der Waals surface area contributed by atoms with Gasteiger partial charge in [0.1, 0.15) is 5.76 Å². The zero-order valence-electron chi connectivity index (χ0n) is 23.8. The lowest BCUT2D eigenvalue weighted by atomic mass is 9.95. The van der Waals surface area contributed by atoms with Gasteiger partial charge >= 0.3 is 0 Å². The molecule has 0 aromatic carbocycles.